The molecule has 0 atom stereocenters. The van der Waals surface area contributed by atoms with Crippen LogP contribution in [-0.4, -0.2) is 0 Å². The smallest absolute Gasteiger partial charge is 0.226 e. The molecule has 6 heteroatoms. The fourth-order valence-electron chi connectivity index (χ4n) is 3.15. The summed E-state index contributed by atoms with van der Waals surface area (Å²) < 4.78 is 0. The summed E-state index contributed by atoms with van der Waals surface area (Å²) in [5.41, 5.74) is 1.78. The molecular weight excluding hydrogens is 432 g/mol. The van der Waals surface area contributed by atoms with Gasteiger partial charge < -0.3 is 0 Å². The van der Waals surface area contributed by atoms with E-state index in [9.17, 15) is 26.3 Å². The van der Waals surface area contributed by atoms with Gasteiger partial charge in [0.1, 0.15) is 0 Å². The van der Waals surface area contributed by atoms with Crippen LogP contribution >= 0.6 is 0 Å². The van der Waals surface area contributed by atoms with E-state index in [-0.39, 0.29) is 22.4 Å². The minimum absolute atomic E-state index is 0.128. The Kier molecular flexibility index (Phi) is 9.76. The van der Waals surface area contributed by atoms with E-state index in [1.54, 1.807) is 78.9 Å². The van der Waals surface area contributed by atoms with Crippen LogP contribution in [0, 0.1) is 69.1 Å². The minimum atomic E-state index is -1.12. The molecule has 0 amide bonds. The Morgan fingerprint density at radius 3 is 1.83 bits per heavy atom. The molecule has 0 aromatic heterocycles. The van der Waals surface area contributed by atoms with E-state index in [1.165, 1.54) is 12.2 Å². The highest BCUT2D eigenvalue weighted by Crippen LogP contribution is 2.28. The zero-order chi connectivity index (χ0) is 25.5. The van der Waals surface area contributed by atoms with Gasteiger partial charge in [-0.05, 0) is 23.3 Å². The van der Waals surface area contributed by atoms with Crippen LogP contribution in [0.2, 0.25) is 0 Å². The van der Waals surface area contributed by atoms with Gasteiger partial charge in [0.05, 0.1) is 48.1 Å². The molecule has 0 saturated carbocycles. The van der Waals surface area contributed by atoms with Gasteiger partial charge in [-0.2, -0.15) is 21.0 Å². The Labute approximate surface area is 204 Å². The highest BCUT2D eigenvalue weighted by Gasteiger charge is 2.18. The molecule has 0 aliphatic rings. The third kappa shape index (κ3) is 6.53. The average molecular weight is 448 g/mol. The number of allylic oxidation sites excluding steroid dienone is 10. The summed E-state index contributed by atoms with van der Waals surface area (Å²) in [6.45, 7) is 7.29. The van der Waals surface area contributed by atoms with E-state index < -0.39 is 5.92 Å². The molecule has 2 aromatic carbocycles. The molecular formula is C29H16N6. The van der Waals surface area contributed by atoms with Gasteiger partial charge in [-0.15, -0.1) is 0 Å². The number of hydrogen-bond donors (Lipinski definition) is 0. The summed E-state index contributed by atoms with van der Waals surface area (Å²) in [5.74, 6) is -1.12. The maximum absolute atomic E-state index is 9.67. The van der Waals surface area contributed by atoms with Crippen LogP contribution in [-0.2, 0) is 0 Å². The predicted octanol–water partition coefficient (Wildman–Crippen LogP) is 6.04. The van der Waals surface area contributed by atoms with Crippen LogP contribution in [0.25, 0.3) is 16.0 Å². The van der Waals surface area contributed by atoms with Gasteiger partial charge in [0.2, 0.25) is 0 Å². The molecule has 0 fully saturated rings. The Hall–Kier alpha value is -5.92. The lowest BCUT2D eigenvalue weighted by atomic mass is 9.90. The largest absolute Gasteiger partial charge is 0.270 e. The lowest BCUT2D eigenvalue weighted by Gasteiger charge is -2.09. The number of rotatable bonds is 7. The zero-order valence-electron chi connectivity index (χ0n) is 18.4. The molecule has 0 aliphatic heterocycles. The summed E-state index contributed by atoms with van der Waals surface area (Å²) in [7, 11) is 0. The third-order valence-electron chi connectivity index (χ3n) is 4.70. The van der Waals surface area contributed by atoms with Gasteiger partial charge >= 0.3 is 0 Å². The molecule has 0 N–H and O–H groups in total. The van der Waals surface area contributed by atoms with Crippen molar-refractivity contribution in [3.63, 3.8) is 0 Å². The average Bonchev–Trinajstić information content (AvgIpc) is 2.92. The van der Waals surface area contributed by atoms with Crippen LogP contribution in [0.4, 0.5) is 0 Å². The second kappa shape index (κ2) is 13.5. The number of benzene rings is 2. The first kappa shape index (κ1) is 25.3. The number of hydrogen-bond acceptors (Lipinski definition) is 5. The van der Waals surface area contributed by atoms with Crippen molar-refractivity contribution in [2.75, 3.05) is 0 Å². The maximum atomic E-state index is 9.67. The van der Waals surface area contributed by atoms with Crippen molar-refractivity contribution in [2.24, 2.45) is 5.92 Å². The Morgan fingerprint density at radius 1 is 0.743 bits per heavy atom. The van der Waals surface area contributed by atoms with Crippen LogP contribution in [0.15, 0.2) is 108 Å². The minimum Gasteiger partial charge on any atom is -0.226 e. The van der Waals surface area contributed by atoms with Crippen LogP contribution in [0.5, 0.6) is 0 Å². The first-order valence-corrected chi connectivity index (χ1v) is 10.2. The van der Waals surface area contributed by atoms with Gasteiger partial charge in [0, 0.05) is 11.1 Å². The fourth-order valence-corrected chi connectivity index (χ4v) is 3.15. The van der Waals surface area contributed by atoms with Gasteiger partial charge in [0.25, 0.3) is 5.70 Å². The van der Waals surface area contributed by atoms with E-state index in [0.717, 1.165) is 0 Å². The molecule has 2 rings (SSSR count). The summed E-state index contributed by atoms with van der Waals surface area (Å²) in [6.07, 6.45) is 7.60. The summed E-state index contributed by atoms with van der Waals surface area (Å²) in [6, 6.07) is 27.2. The van der Waals surface area contributed by atoms with E-state index >= 15 is 0 Å². The van der Waals surface area contributed by atoms with E-state index in [4.69, 9.17) is 6.57 Å². The van der Waals surface area contributed by atoms with E-state index in [0.29, 0.717) is 16.7 Å². The van der Waals surface area contributed by atoms with Gasteiger partial charge in [-0.25, -0.2) is 10.1 Å². The first-order valence-electron chi connectivity index (χ1n) is 10.2. The van der Waals surface area contributed by atoms with Crippen molar-refractivity contribution >= 4 is 11.1 Å². The highest BCUT2D eigenvalue weighted by atomic mass is 14.7. The van der Waals surface area contributed by atoms with E-state index in [1.807, 2.05) is 30.3 Å². The summed E-state index contributed by atoms with van der Waals surface area (Å²) in [5, 5.41) is 47.5. The molecule has 0 heterocycles. The highest BCUT2D eigenvalue weighted by molar-refractivity contribution is 5.88. The number of nitrogens with zero attached hydrogens (tertiary/aromatic N) is 6. The molecule has 0 saturated heterocycles. The molecule has 162 valence electrons. The fraction of sp³-hybridized carbons (Fsp3) is 0.0345. The van der Waals surface area contributed by atoms with Crippen LogP contribution in [0.1, 0.15) is 11.1 Å². The Balaban J connectivity index is 2.48. The molecule has 0 bridgehead atoms. The second-order valence-electron chi connectivity index (χ2n) is 6.75. The number of nitriles is 5. The van der Waals surface area contributed by atoms with Crippen molar-refractivity contribution < 1.29 is 0 Å². The molecule has 0 unspecified atom stereocenters. The quantitative estimate of drug-likeness (QED) is 0.290. The van der Waals surface area contributed by atoms with Crippen LogP contribution < -0.4 is 0 Å². The SMILES string of the molecule is [C-]#[N+]C(C#N)=C(C(C#N)=CC=CC=CC(C#N)=C(c1ccccc1)C(C#N)C#N)c1ccccc1. The lowest BCUT2D eigenvalue weighted by Crippen LogP contribution is -2.01. The third-order valence-corrected chi connectivity index (χ3v) is 4.70. The predicted molar refractivity (Wildman–Crippen MR) is 131 cm³/mol. The van der Waals surface area contributed by atoms with Gasteiger partial charge in [-0.3, -0.25) is 0 Å². The summed E-state index contributed by atoms with van der Waals surface area (Å²) >= 11 is 0. The molecule has 6 nitrogen and oxygen atoms in total. The van der Waals surface area contributed by atoms with E-state index in [2.05, 4.69) is 4.85 Å². The molecule has 0 spiro atoms. The van der Waals surface area contributed by atoms with Gasteiger partial charge in [0.15, 0.2) is 5.92 Å². The first-order chi connectivity index (χ1) is 17.1. The molecule has 0 radical (unpaired) electrons. The molecule has 0 aliphatic carbocycles. The lowest BCUT2D eigenvalue weighted by molar-refractivity contribution is 1.10. The molecule has 35 heavy (non-hydrogen) atoms. The van der Waals surface area contributed by atoms with Crippen molar-refractivity contribution in [2.45, 2.75) is 0 Å². The summed E-state index contributed by atoms with van der Waals surface area (Å²) in [4.78, 5) is 3.26. The topological polar surface area (TPSA) is 123 Å². The molecule has 2 aromatic rings. The zero-order valence-corrected chi connectivity index (χ0v) is 18.4. The Morgan fingerprint density at radius 2 is 1.34 bits per heavy atom. The standard InChI is InChI=1S/C29H16N6/c1-35-27(21-34)29(23-13-7-3-8-14-23)25(18-31)16-10-4-9-15-24(17-30)28(26(19-32)20-33)22-11-5-2-6-12-22/h2-16,26H. The normalized spacial score (nSPS) is 12.4. The maximum Gasteiger partial charge on any atom is 0.270 e. The van der Waals surface area contributed by atoms with Crippen LogP contribution in [0.3, 0.4) is 0 Å². The van der Waals surface area contributed by atoms with Crippen molar-refractivity contribution in [1.82, 2.24) is 0 Å². The van der Waals surface area contributed by atoms with Gasteiger partial charge in [-0.1, -0.05) is 78.9 Å². The monoisotopic (exact) mass is 448 g/mol. The van der Waals surface area contributed by atoms with Crippen molar-refractivity contribution in [1.29, 1.82) is 26.3 Å². The van der Waals surface area contributed by atoms with Crippen molar-refractivity contribution in [3.8, 4) is 30.3 Å². The van der Waals surface area contributed by atoms with Crippen molar-refractivity contribution in [3.05, 3.63) is 130 Å². The second-order valence-corrected chi connectivity index (χ2v) is 6.75. The Bertz CT molecular complexity index is 1450.